The van der Waals surface area contributed by atoms with E-state index in [1.165, 1.54) is 16.7 Å². The summed E-state index contributed by atoms with van der Waals surface area (Å²) in [5.74, 6) is -0.363. The number of rotatable bonds is 5. The zero-order chi connectivity index (χ0) is 21.4. The molecule has 4 rings (SSSR count). The van der Waals surface area contributed by atoms with Gasteiger partial charge in [-0.05, 0) is 49.6 Å². The number of halogens is 1. The molecule has 0 atom stereocenters. The highest BCUT2D eigenvalue weighted by Gasteiger charge is 2.20. The van der Waals surface area contributed by atoms with E-state index in [0.717, 1.165) is 11.1 Å². The van der Waals surface area contributed by atoms with E-state index in [1.54, 1.807) is 21.4 Å². The van der Waals surface area contributed by atoms with Gasteiger partial charge in [-0.2, -0.15) is 5.10 Å². The van der Waals surface area contributed by atoms with Crippen LogP contribution in [0.4, 0.5) is 4.39 Å². The Morgan fingerprint density at radius 2 is 1.60 bits per heavy atom. The molecular weight excluding hydrogens is 383 g/mol. The van der Waals surface area contributed by atoms with Crippen LogP contribution in [0.5, 0.6) is 0 Å². The first-order chi connectivity index (χ1) is 14.4. The van der Waals surface area contributed by atoms with Gasteiger partial charge in [-0.25, -0.2) is 9.18 Å². The summed E-state index contributed by atoms with van der Waals surface area (Å²) >= 11 is 0. The molecule has 7 heteroatoms. The van der Waals surface area contributed by atoms with Crippen LogP contribution in [0.15, 0.2) is 58.1 Å². The summed E-state index contributed by atoms with van der Waals surface area (Å²) in [4.78, 5) is 26.8. The number of benzene rings is 2. The van der Waals surface area contributed by atoms with Gasteiger partial charge in [-0.15, -0.1) is 0 Å². The fraction of sp³-hybridized carbons (Fsp3) is 0.261. The minimum Gasteiger partial charge on any atom is -0.285 e. The van der Waals surface area contributed by atoms with Gasteiger partial charge in [0.1, 0.15) is 5.82 Å². The largest absolute Gasteiger partial charge is 0.332 e. The summed E-state index contributed by atoms with van der Waals surface area (Å²) in [6.07, 6.45) is 0. The van der Waals surface area contributed by atoms with Crippen molar-refractivity contribution in [1.29, 1.82) is 0 Å². The van der Waals surface area contributed by atoms with Gasteiger partial charge in [-0.3, -0.25) is 18.6 Å². The van der Waals surface area contributed by atoms with Gasteiger partial charge in [0, 0.05) is 6.54 Å². The molecule has 0 bridgehead atoms. The molecule has 4 aromatic rings. The Labute approximate surface area is 172 Å². The first kappa shape index (κ1) is 19.8. The lowest BCUT2D eigenvalue weighted by Crippen LogP contribution is -2.41. The molecule has 2 aromatic heterocycles. The third-order valence-electron chi connectivity index (χ3n) is 5.42. The van der Waals surface area contributed by atoms with E-state index < -0.39 is 5.69 Å². The molecule has 0 radical (unpaired) electrons. The zero-order valence-electron chi connectivity index (χ0n) is 17.2. The van der Waals surface area contributed by atoms with Gasteiger partial charge in [0.25, 0.3) is 5.56 Å². The summed E-state index contributed by atoms with van der Waals surface area (Å²) in [7, 11) is 0. The minimum atomic E-state index is -0.404. The molecule has 30 heavy (non-hydrogen) atoms. The Morgan fingerprint density at radius 1 is 0.900 bits per heavy atom. The Kier molecular flexibility index (Phi) is 5.11. The summed E-state index contributed by atoms with van der Waals surface area (Å²) in [6.45, 7) is 6.63. The first-order valence-electron chi connectivity index (χ1n) is 9.90. The monoisotopic (exact) mass is 406 g/mol. The predicted molar refractivity (Wildman–Crippen MR) is 114 cm³/mol. The van der Waals surface area contributed by atoms with Crippen molar-refractivity contribution in [2.45, 2.75) is 40.4 Å². The molecule has 0 saturated carbocycles. The highest BCUT2D eigenvalue weighted by Crippen LogP contribution is 2.17. The van der Waals surface area contributed by atoms with Crippen LogP contribution in [-0.4, -0.2) is 18.9 Å². The number of aromatic nitrogens is 4. The Balaban J connectivity index is 1.98. The maximum Gasteiger partial charge on any atom is 0.332 e. The van der Waals surface area contributed by atoms with E-state index in [4.69, 9.17) is 0 Å². The second kappa shape index (κ2) is 7.74. The van der Waals surface area contributed by atoms with E-state index in [-0.39, 0.29) is 17.9 Å². The summed E-state index contributed by atoms with van der Waals surface area (Å²) in [5, 5.41) is 4.49. The Morgan fingerprint density at radius 3 is 2.27 bits per heavy atom. The Hall–Kier alpha value is -3.48. The summed E-state index contributed by atoms with van der Waals surface area (Å²) in [5.41, 5.74) is 3.56. The van der Waals surface area contributed by atoms with Gasteiger partial charge < -0.3 is 0 Å². The molecule has 0 fully saturated rings. The van der Waals surface area contributed by atoms with Crippen LogP contribution in [0.3, 0.4) is 0 Å². The van der Waals surface area contributed by atoms with Crippen LogP contribution in [0.2, 0.25) is 0 Å². The van der Waals surface area contributed by atoms with Gasteiger partial charge in [0.05, 0.1) is 24.3 Å². The number of fused-ring (bicyclic) bond motifs is 1. The molecule has 0 unspecified atom stereocenters. The molecule has 0 saturated heterocycles. The molecule has 2 heterocycles. The number of hydrogen-bond acceptors (Lipinski definition) is 3. The molecule has 0 aliphatic carbocycles. The van der Waals surface area contributed by atoms with Crippen LogP contribution < -0.4 is 11.2 Å². The van der Waals surface area contributed by atoms with Gasteiger partial charge in [0.15, 0.2) is 5.52 Å². The lowest BCUT2D eigenvalue weighted by molar-refractivity contribution is 0.615. The average molecular weight is 406 g/mol. The van der Waals surface area contributed by atoms with Crippen molar-refractivity contribution in [3.05, 3.63) is 97.6 Å². The molecule has 154 valence electrons. The topological polar surface area (TPSA) is 61.8 Å². The van der Waals surface area contributed by atoms with Crippen molar-refractivity contribution in [3.8, 4) is 0 Å². The fourth-order valence-electron chi connectivity index (χ4n) is 3.81. The fourth-order valence-corrected chi connectivity index (χ4v) is 3.81. The van der Waals surface area contributed by atoms with E-state index in [2.05, 4.69) is 5.10 Å². The second-order valence-electron chi connectivity index (χ2n) is 7.41. The average Bonchev–Trinajstić information content (AvgIpc) is 3.07. The standard InChI is InChI=1S/C23H23FN4O2/c1-4-28-21-20(16(3)25-28)26(14-18-8-6-5-7-15(18)2)23(30)27(22(21)29)13-17-9-11-19(24)12-10-17/h5-12H,4,13-14H2,1-3H3. The van der Waals surface area contributed by atoms with Crippen molar-refractivity contribution in [3.63, 3.8) is 0 Å². The maximum atomic E-state index is 13.5. The third-order valence-corrected chi connectivity index (χ3v) is 5.42. The van der Waals surface area contributed by atoms with Crippen molar-refractivity contribution in [2.75, 3.05) is 0 Å². The lowest BCUT2D eigenvalue weighted by Gasteiger charge is -2.14. The number of nitrogens with zero attached hydrogens (tertiary/aromatic N) is 4. The highest BCUT2D eigenvalue weighted by molar-refractivity contribution is 5.77. The van der Waals surface area contributed by atoms with Gasteiger partial charge in [0.2, 0.25) is 0 Å². The highest BCUT2D eigenvalue weighted by atomic mass is 19.1. The molecule has 0 N–H and O–H groups in total. The summed E-state index contributed by atoms with van der Waals surface area (Å²) in [6, 6.07) is 13.7. The van der Waals surface area contributed by atoms with Gasteiger partial charge in [-0.1, -0.05) is 36.4 Å². The quantitative estimate of drug-likeness (QED) is 0.511. The van der Waals surface area contributed by atoms with Crippen LogP contribution in [0, 0.1) is 19.7 Å². The Bertz CT molecular complexity index is 1350. The van der Waals surface area contributed by atoms with E-state index in [1.807, 2.05) is 45.0 Å². The van der Waals surface area contributed by atoms with Crippen molar-refractivity contribution < 1.29 is 4.39 Å². The second-order valence-corrected chi connectivity index (χ2v) is 7.41. The summed E-state index contributed by atoms with van der Waals surface area (Å²) < 4.78 is 17.8. The molecule has 0 spiro atoms. The van der Waals surface area contributed by atoms with Crippen LogP contribution in [0.1, 0.15) is 29.3 Å². The van der Waals surface area contributed by atoms with E-state index in [9.17, 15) is 14.0 Å². The molecule has 2 aromatic carbocycles. The van der Waals surface area contributed by atoms with Crippen LogP contribution >= 0.6 is 0 Å². The molecule has 0 aliphatic heterocycles. The normalized spacial score (nSPS) is 11.3. The number of aryl methyl sites for hydroxylation is 3. The molecule has 0 aliphatic rings. The van der Waals surface area contributed by atoms with Crippen molar-refractivity contribution in [1.82, 2.24) is 18.9 Å². The van der Waals surface area contributed by atoms with Crippen molar-refractivity contribution in [2.24, 2.45) is 0 Å². The minimum absolute atomic E-state index is 0.0651. The smallest absolute Gasteiger partial charge is 0.285 e. The van der Waals surface area contributed by atoms with Crippen LogP contribution in [0.25, 0.3) is 11.0 Å². The van der Waals surface area contributed by atoms with E-state index in [0.29, 0.717) is 35.4 Å². The van der Waals surface area contributed by atoms with Crippen LogP contribution in [-0.2, 0) is 19.6 Å². The first-order valence-corrected chi connectivity index (χ1v) is 9.90. The predicted octanol–water partition coefficient (Wildman–Crippen LogP) is 3.23. The molecule has 0 amide bonds. The SMILES string of the molecule is CCn1nc(C)c2c1c(=O)n(Cc1ccc(F)cc1)c(=O)n2Cc1ccccc1C. The zero-order valence-corrected chi connectivity index (χ0v) is 17.2. The molecule has 6 nitrogen and oxygen atoms in total. The van der Waals surface area contributed by atoms with E-state index >= 15 is 0 Å². The maximum absolute atomic E-state index is 13.5. The number of hydrogen-bond donors (Lipinski definition) is 0. The molecular formula is C23H23FN4O2. The van der Waals surface area contributed by atoms with Gasteiger partial charge >= 0.3 is 5.69 Å². The third kappa shape index (κ3) is 3.36. The van der Waals surface area contributed by atoms with Crippen molar-refractivity contribution >= 4 is 11.0 Å². The lowest BCUT2D eigenvalue weighted by atomic mass is 10.1.